The fraction of sp³-hybridized carbons (Fsp3) is 0.200. The number of ether oxygens (including phenoxy) is 1. The van der Waals surface area contributed by atoms with Crippen LogP contribution in [-0.2, 0) is 0 Å². The molecule has 2 rings (SSSR count). The highest BCUT2D eigenvalue weighted by Gasteiger charge is 2.15. The number of benzene rings is 2. The normalized spacial score (nSPS) is 12.2. The van der Waals surface area contributed by atoms with E-state index in [2.05, 4.69) is 0 Å². The van der Waals surface area contributed by atoms with E-state index >= 15 is 0 Å². The molecule has 0 fully saturated rings. The van der Waals surface area contributed by atoms with Crippen molar-refractivity contribution in [3.8, 4) is 5.75 Å². The summed E-state index contributed by atoms with van der Waals surface area (Å²) in [4.78, 5) is 1.32. The van der Waals surface area contributed by atoms with Crippen molar-refractivity contribution in [1.29, 1.82) is 0 Å². The number of halogens is 1. The quantitative estimate of drug-likeness (QED) is 0.915. The molecular formula is C15H15FO2S. The van der Waals surface area contributed by atoms with E-state index in [1.807, 2.05) is 12.1 Å². The highest BCUT2D eigenvalue weighted by atomic mass is 32.2. The first kappa shape index (κ1) is 13.9. The fourth-order valence-electron chi connectivity index (χ4n) is 1.85. The van der Waals surface area contributed by atoms with Crippen molar-refractivity contribution in [2.75, 3.05) is 7.11 Å². The Bertz CT molecular complexity index is 570. The Hall–Kier alpha value is -1.52. The van der Waals surface area contributed by atoms with Crippen molar-refractivity contribution in [3.05, 3.63) is 53.8 Å². The van der Waals surface area contributed by atoms with Crippen LogP contribution in [0, 0.1) is 5.82 Å². The van der Waals surface area contributed by atoms with Gasteiger partial charge in [0.15, 0.2) is 0 Å². The summed E-state index contributed by atoms with van der Waals surface area (Å²) in [6, 6.07) is 12.0. The lowest BCUT2D eigenvalue weighted by atomic mass is 10.1. The summed E-state index contributed by atoms with van der Waals surface area (Å²) in [6.07, 6.45) is -0.676. The van der Waals surface area contributed by atoms with Gasteiger partial charge >= 0.3 is 0 Å². The van der Waals surface area contributed by atoms with E-state index in [4.69, 9.17) is 4.74 Å². The van der Waals surface area contributed by atoms with Crippen molar-refractivity contribution >= 4 is 11.8 Å². The molecule has 2 aromatic rings. The number of aliphatic hydroxyl groups is 1. The highest BCUT2D eigenvalue weighted by Crippen LogP contribution is 2.38. The molecule has 0 unspecified atom stereocenters. The van der Waals surface area contributed by atoms with Gasteiger partial charge in [-0.2, -0.15) is 0 Å². The van der Waals surface area contributed by atoms with Gasteiger partial charge in [0.1, 0.15) is 11.6 Å². The molecule has 100 valence electrons. The Morgan fingerprint density at radius 1 is 1.11 bits per heavy atom. The Kier molecular flexibility index (Phi) is 4.45. The summed E-state index contributed by atoms with van der Waals surface area (Å²) in [5, 5.41) is 9.88. The number of hydrogen-bond donors (Lipinski definition) is 1. The first-order chi connectivity index (χ1) is 9.13. The number of rotatable bonds is 4. The Labute approximate surface area is 116 Å². The summed E-state index contributed by atoms with van der Waals surface area (Å²) < 4.78 is 18.9. The van der Waals surface area contributed by atoms with E-state index in [1.165, 1.54) is 17.8 Å². The van der Waals surface area contributed by atoms with Gasteiger partial charge in [-0.3, -0.25) is 0 Å². The second kappa shape index (κ2) is 6.08. The summed E-state index contributed by atoms with van der Waals surface area (Å²) in [5.74, 6) is 0.336. The Morgan fingerprint density at radius 2 is 1.79 bits per heavy atom. The van der Waals surface area contributed by atoms with Gasteiger partial charge in [0, 0.05) is 15.4 Å². The molecule has 2 nitrogen and oxygen atoms in total. The number of aliphatic hydroxyl groups excluding tert-OH is 1. The van der Waals surface area contributed by atoms with Crippen LogP contribution < -0.4 is 4.74 Å². The van der Waals surface area contributed by atoms with Gasteiger partial charge in [0.2, 0.25) is 0 Å². The molecule has 19 heavy (non-hydrogen) atoms. The number of hydrogen-bond acceptors (Lipinski definition) is 3. The molecule has 0 aliphatic carbocycles. The van der Waals surface area contributed by atoms with Crippen LogP contribution in [0.3, 0.4) is 0 Å². The monoisotopic (exact) mass is 278 g/mol. The maximum Gasteiger partial charge on any atom is 0.137 e. The van der Waals surface area contributed by atoms with Gasteiger partial charge in [-0.1, -0.05) is 30.0 Å². The zero-order valence-corrected chi connectivity index (χ0v) is 11.6. The van der Waals surface area contributed by atoms with Crippen LogP contribution >= 0.6 is 11.8 Å². The lowest BCUT2D eigenvalue weighted by Gasteiger charge is -2.15. The molecule has 0 spiro atoms. The third-order valence-electron chi connectivity index (χ3n) is 2.72. The molecule has 0 saturated heterocycles. The fourth-order valence-corrected chi connectivity index (χ4v) is 2.93. The first-order valence-electron chi connectivity index (χ1n) is 5.91. The molecule has 0 aromatic heterocycles. The van der Waals surface area contributed by atoms with Crippen LogP contribution in [0.15, 0.2) is 52.3 Å². The van der Waals surface area contributed by atoms with Crippen LogP contribution in [0.1, 0.15) is 18.6 Å². The van der Waals surface area contributed by atoms with Crippen molar-refractivity contribution < 1.29 is 14.2 Å². The maximum atomic E-state index is 13.7. The standard InChI is InChI=1S/C15H15FO2S/c1-10(17)15-12(18-2)7-5-9-14(15)19-13-8-4-3-6-11(13)16/h3-10,17H,1-2H3/t10-/m0/s1. The minimum Gasteiger partial charge on any atom is -0.496 e. The SMILES string of the molecule is COc1cccc(Sc2ccccc2F)c1[C@H](C)O. The minimum atomic E-state index is -0.676. The Balaban J connectivity index is 2.43. The highest BCUT2D eigenvalue weighted by molar-refractivity contribution is 7.99. The van der Waals surface area contributed by atoms with Gasteiger partial charge in [-0.05, 0) is 31.2 Å². The molecule has 1 atom stereocenters. The zero-order chi connectivity index (χ0) is 13.8. The van der Waals surface area contributed by atoms with Crippen LogP contribution in [0.5, 0.6) is 5.75 Å². The van der Waals surface area contributed by atoms with Crippen molar-refractivity contribution in [1.82, 2.24) is 0 Å². The summed E-state index contributed by atoms with van der Waals surface area (Å²) in [6.45, 7) is 1.67. The molecule has 2 aromatic carbocycles. The average Bonchev–Trinajstić information content (AvgIpc) is 2.40. The molecule has 1 N–H and O–H groups in total. The summed E-state index contributed by atoms with van der Waals surface area (Å²) >= 11 is 1.28. The average molecular weight is 278 g/mol. The Morgan fingerprint density at radius 3 is 2.42 bits per heavy atom. The van der Waals surface area contributed by atoms with Crippen LogP contribution in [-0.4, -0.2) is 12.2 Å². The summed E-state index contributed by atoms with van der Waals surface area (Å²) in [7, 11) is 1.55. The third kappa shape index (κ3) is 3.08. The van der Waals surface area contributed by atoms with Crippen molar-refractivity contribution in [2.24, 2.45) is 0 Å². The van der Waals surface area contributed by atoms with E-state index in [0.717, 1.165) is 4.90 Å². The maximum absolute atomic E-state index is 13.7. The predicted molar refractivity (Wildman–Crippen MR) is 74.2 cm³/mol. The molecule has 0 saturated carbocycles. The van der Waals surface area contributed by atoms with E-state index < -0.39 is 6.10 Å². The molecule has 0 radical (unpaired) electrons. The van der Waals surface area contributed by atoms with Gasteiger partial charge in [0.25, 0.3) is 0 Å². The second-order valence-corrected chi connectivity index (χ2v) is 5.16. The molecule has 0 heterocycles. The molecule has 0 aliphatic heterocycles. The summed E-state index contributed by atoms with van der Waals surface area (Å²) in [5.41, 5.74) is 0.679. The zero-order valence-electron chi connectivity index (χ0n) is 10.8. The topological polar surface area (TPSA) is 29.5 Å². The van der Waals surface area contributed by atoms with Crippen LogP contribution in [0.4, 0.5) is 4.39 Å². The molecular weight excluding hydrogens is 263 g/mol. The van der Waals surface area contributed by atoms with Gasteiger partial charge in [-0.15, -0.1) is 0 Å². The number of methoxy groups -OCH3 is 1. The lowest BCUT2D eigenvalue weighted by Crippen LogP contribution is -1.99. The van der Waals surface area contributed by atoms with E-state index in [9.17, 15) is 9.50 Å². The van der Waals surface area contributed by atoms with Gasteiger partial charge in [-0.25, -0.2) is 4.39 Å². The van der Waals surface area contributed by atoms with E-state index in [1.54, 1.807) is 38.3 Å². The van der Waals surface area contributed by atoms with Crippen molar-refractivity contribution in [2.45, 2.75) is 22.8 Å². The minimum absolute atomic E-state index is 0.271. The second-order valence-electron chi connectivity index (χ2n) is 4.08. The molecule has 0 aliphatic rings. The van der Waals surface area contributed by atoms with Gasteiger partial charge in [0.05, 0.1) is 13.2 Å². The van der Waals surface area contributed by atoms with Crippen LogP contribution in [0.2, 0.25) is 0 Å². The lowest BCUT2D eigenvalue weighted by molar-refractivity contribution is 0.191. The smallest absolute Gasteiger partial charge is 0.137 e. The van der Waals surface area contributed by atoms with Crippen molar-refractivity contribution in [3.63, 3.8) is 0 Å². The van der Waals surface area contributed by atoms with E-state index in [-0.39, 0.29) is 5.82 Å². The largest absolute Gasteiger partial charge is 0.496 e. The van der Waals surface area contributed by atoms with Gasteiger partial charge < -0.3 is 9.84 Å². The predicted octanol–water partition coefficient (Wildman–Crippen LogP) is 4.04. The molecule has 4 heteroatoms. The van der Waals surface area contributed by atoms with Crippen LogP contribution in [0.25, 0.3) is 0 Å². The first-order valence-corrected chi connectivity index (χ1v) is 6.72. The third-order valence-corrected chi connectivity index (χ3v) is 3.85. The molecule has 0 amide bonds. The molecule has 0 bridgehead atoms. The van der Waals surface area contributed by atoms with E-state index in [0.29, 0.717) is 16.2 Å².